The van der Waals surface area contributed by atoms with Gasteiger partial charge < -0.3 is 5.11 Å². The molecule has 1 N–H and O–H groups in total. The lowest BCUT2D eigenvalue weighted by atomic mass is 9.68. The fourth-order valence-corrected chi connectivity index (χ4v) is 6.37. The van der Waals surface area contributed by atoms with Crippen molar-refractivity contribution in [1.29, 1.82) is 0 Å². The van der Waals surface area contributed by atoms with E-state index in [0.29, 0.717) is 11.5 Å². The SMILES string of the molecule is CCCCCCCCCCCCCCCCC(C)C(C)(C)C(C)=C(C)[C@](CS)(C(=O)O)N1C(=O)CCC1=O. The molecule has 220 valence electrons. The van der Waals surface area contributed by atoms with Crippen LogP contribution >= 0.6 is 12.6 Å². The van der Waals surface area contributed by atoms with Crippen molar-refractivity contribution in [2.24, 2.45) is 11.3 Å². The summed E-state index contributed by atoms with van der Waals surface area (Å²) in [4.78, 5) is 38.6. The highest BCUT2D eigenvalue weighted by Crippen LogP contribution is 2.43. The molecule has 1 aliphatic heterocycles. The minimum atomic E-state index is -1.73. The number of thiol groups is 1. The van der Waals surface area contributed by atoms with E-state index in [-0.39, 0.29) is 24.0 Å². The monoisotopic (exact) mass is 551 g/mol. The molecular formula is C32H57NO4S. The summed E-state index contributed by atoms with van der Waals surface area (Å²) in [6.07, 6.45) is 20.0. The molecule has 0 aromatic heterocycles. The van der Waals surface area contributed by atoms with Crippen molar-refractivity contribution in [3.05, 3.63) is 11.1 Å². The molecule has 0 radical (unpaired) electrons. The van der Waals surface area contributed by atoms with Crippen molar-refractivity contribution in [3.8, 4) is 0 Å². The van der Waals surface area contributed by atoms with Crippen LogP contribution in [-0.4, -0.2) is 39.1 Å². The van der Waals surface area contributed by atoms with Crippen molar-refractivity contribution in [2.75, 3.05) is 5.75 Å². The number of nitrogens with zero attached hydrogens (tertiary/aromatic N) is 1. The summed E-state index contributed by atoms with van der Waals surface area (Å²) >= 11 is 4.35. The zero-order valence-electron chi connectivity index (χ0n) is 25.4. The van der Waals surface area contributed by atoms with Gasteiger partial charge in [0.1, 0.15) is 0 Å². The Bertz CT molecular complexity index is 774. The van der Waals surface area contributed by atoms with Gasteiger partial charge in [0.05, 0.1) is 0 Å². The molecule has 5 nitrogen and oxygen atoms in total. The fourth-order valence-electron chi connectivity index (χ4n) is 5.85. The van der Waals surface area contributed by atoms with Gasteiger partial charge in [-0.3, -0.25) is 14.5 Å². The van der Waals surface area contributed by atoms with Gasteiger partial charge in [-0.2, -0.15) is 12.6 Å². The van der Waals surface area contributed by atoms with Gasteiger partial charge in [0.25, 0.3) is 0 Å². The topological polar surface area (TPSA) is 74.7 Å². The number of imide groups is 1. The Balaban J connectivity index is 2.54. The number of carbonyl (C=O) groups is 3. The molecule has 38 heavy (non-hydrogen) atoms. The first kappa shape index (κ1) is 34.7. The van der Waals surface area contributed by atoms with Crippen LogP contribution in [0.4, 0.5) is 0 Å². The number of hydrogen-bond acceptors (Lipinski definition) is 4. The van der Waals surface area contributed by atoms with Gasteiger partial charge >= 0.3 is 5.97 Å². The molecule has 1 aliphatic rings. The highest BCUT2D eigenvalue weighted by atomic mass is 32.1. The van der Waals surface area contributed by atoms with Crippen molar-refractivity contribution >= 4 is 30.4 Å². The third kappa shape index (κ3) is 9.41. The molecule has 1 heterocycles. The summed E-state index contributed by atoms with van der Waals surface area (Å²) in [7, 11) is 0. The quantitative estimate of drug-likeness (QED) is 0.0647. The van der Waals surface area contributed by atoms with E-state index in [1.165, 1.54) is 83.5 Å². The molecule has 1 unspecified atom stereocenters. The van der Waals surface area contributed by atoms with Crippen molar-refractivity contribution in [3.63, 3.8) is 0 Å². The fraction of sp³-hybridized carbons (Fsp3) is 0.844. The summed E-state index contributed by atoms with van der Waals surface area (Å²) < 4.78 is 0. The zero-order chi connectivity index (χ0) is 28.8. The minimum Gasteiger partial charge on any atom is -0.479 e. The highest BCUT2D eigenvalue weighted by Gasteiger charge is 2.53. The molecule has 0 spiro atoms. The normalized spacial score (nSPS) is 17.5. The lowest BCUT2D eigenvalue weighted by molar-refractivity contribution is -0.158. The largest absolute Gasteiger partial charge is 0.479 e. The molecule has 0 aromatic carbocycles. The van der Waals surface area contributed by atoms with E-state index < -0.39 is 23.3 Å². The third-order valence-electron chi connectivity index (χ3n) is 9.39. The van der Waals surface area contributed by atoms with Crippen LogP contribution in [0.25, 0.3) is 0 Å². The number of aliphatic carboxylic acids is 1. The van der Waals surface area contributed by atoms with Crippen LogP contribution < -0.4 is 0 Å². The standard InChI is InChI=1S/C32H57NO4S/c1-7-8-9-10-11-12-13-14-15-16-17-18-19-20-21-25(2)31(5,6)26(3)27(4)32(24-38,30(36)37)33-28(34)22-23-29(33)35/h25,38H,7-24H2,1-6H3,(H,36,37)/t25?,32-/m1/s1. The van der Waals surface area contributed by atoms with E-state index in [1.54, 1.807) is 6.92 Å². The first-order valence-electron chi connectivity index (χ1n) is 15.4. The van der Waals surface area contributed by atoms with Gasteiger partial charge in [0, 0.05) is 18.6 Å². The molecule has 0 aliphatic carbocycles. The number of hydrogen-bond donors (Lipinski definition) is 2. The minimum absolute atomic E-state index is 0.0624. The van der Waals surface area contributed by atoms with E-state index in [0.717, 1.165) is 23.3 Å². The average molecular weight is 552 g/mol. The van der Waals surface area contributed by atoms with Crippen LogP contribution in [0.3, 0.4) is 0 Å². The summed E-state index contributed by atoms with van der Waals surface area (Å²) in [5.74, 6) is -1.83. The Morgan fingerprint density at radius 2 is 1.21 bits per heavy atom. The molecule has 2 atom stereocenters. The Morgan fingerprint density at radius 3 is 1.58 bits per heavy atom. The van der Waals surface area contributed by atoms with E-state index in [1.807, 2.05) is 6.92 Å². The second-order valence-corrected chi connectivity index (χ2v) is 12.5. The van der Waals surface area contributed by atoms with Crippen LogP contribution in [0, 0.1) is 11.3 Å². The van der Waals surface area contributed by atoms with E-state index in [2.05, 4.69) is 40.3 Å². The average Bonchev–Trinajstić information content (AvgIpc) is 3.22. The van der Waals surface area contributed by atoms with Crippen LogP contribution in [-0.2, 0) is 14.4 Å². The number of unbranched alkanes of at least 4 members (excludes halogenated alkanes) is 13. The third-order valence-corrected chi connectivity index (χ3v) is 9.85. The second kappa shape index (κ2) is 17.4. The number of amides is 2. The highest BCUT2D eigenvalue weighted by molar-refractivity contribution is 7.80. The Kier molecular flexibility index (Phi) is 15.9. The summed E-state index contributed by atoms with van der Waals surface area (Å²) in [6, 6.07) is 0. The molecule has 6 heteroatoms. The molecule has 1 fully saturated rings. The predicted molar refractivity (Wildman–Crippen MR) is 162 cm³/mol. The van der Waals surface area contributed by atoms with E-state index in [4.69, 9.17) is 0 Å². The maximum Gasteiger partial charge on any atom is 0.335 e. The maximum absolute atomic E-state index is 12.6. The van der Waals surface area contributed by atoms with Gasteiger partial charge in [-0.1, -0.05) is 123 Å². The Morgan fingerprint density at radius 1 is 0.816 bits per heavy atom. The number of likely N-dealkylation sites (tertiary alicyclic amines) is 1. The molecule has 2 amide bonds. The summed E-state index contributed by atoms with van der Waals surface area (Å²) in [6.45, 7) is 12.5. The maximum atomic E-state index is 12.6. The van der Waals surface area contributed by atoms with Gasteiger partial charge in [-0.25, -0.2) is 4.79 Å². The lowest BCUT2D eigenvalue weighted by Gasteiger charge is -2.42. The van der Waals surface area contributed by atoms with Gasteiger partial charge in [-0.15, -0.1) is 0 Å². The number of rotatable bonds is 21. The van der Waals surface area contributed by atoms with Crippen LogP contribution in [0.15, 0.2) is 11.1 Å². The number of allylic oxidation sites excluding steroid dienone is 1. The smallest absolute Gasteiger partial charge is 0.335 e. The first-order valence-corrected chi connectivity index (χ1v) is 16.0. The van der Waals surface area contributed by atoms with Gasteiger partial charge in [0.2, 0.25) is 11.8 Å². The predicted octanol–water partition coefficient (Wildman–Crippen LogP) is 8.76. The van der Waals surface area contributed by atoms with E-state index >= 15 is 0 Å². The molecule has 0 bridgehead atoms. The van der Waals surface area contributed by atoms with E-state index in [9.17, 15) is 19.5 Å². The van der Waals surface area contributed by atoms with Crippen LogP contribution in [0.5, 0.6) is 0 Å². The number of carbonyl (C=O) groups excluding carboxylic acids is 2. The summed E-state index contributed by atoms with van der Waals surface area (Å²) in [5, 5.41) is 10.3. The molecular weight excluding hydrogens is 494 g/mol. The number of carboxylic acid groups (broad SMARTS) is 1. The molecule has 1 saturated heterocycles. The Labute approximate surface area is 239 Å². The van der Waals surface area contributed by atoms with Crippen molar-refractivity contribution in [1.82, 2.24) is 4.90 Å². The van der Waals surface area contributed by atoms with Crippen molar-refractivity contribution in [2.45, 2.75) is 156 Å². The molecule has 0 aromatic rings. The van der Waals surface area contributed by atoms with Crippen molar-refractivity contribution < 1.29 is 19.5 Å². The summed E-state index contributed by atoms with van der Waals surface area (Å²) in [5.41, 5.74) is -0.513. The number of carboxylic acids is 1. The second-order valence-electron chi connectivity index (χ2n) is 12.2. The van der Waals surface area contributed by atoms with Gasteiger partial charge in [0.15, 0.2) is 5.54 Å². The zero-order valence-corrected chi connectivity index (χ0v) is 26.3. The lowest BCUT2D eigenvalue weighted by Crippen LogP contribution is -2.60. The van der Waals surface area contributed by atoms with Crippen LogP contribution in [0.2, 0.25) is 0 Å². The Hall–Kier alpha value is -1.30. The first-order chi connectivity index (χ1) is 18.0. The molecule has 0 saturated carbocycles. The van der Waals surface area contributed by atoms with Gasteiger partial charge in [-0.05, 0) is 37.2 Å². The molecule has 1 rings (SSSR count). The van der Waals surface area contributed by atoms with Crippen LogP contribution in [0.1, 0.15) is 151 Å².